The average molecular weight is 323 g/mol. The SMILES string of the molecule is COc1cc(C(=O)NC2CCCCCCC2C(=O)O)ccc1F. The van der Waals surface area contributed by atoms with E-state index in [1.165, 1.54) is 25.3 Å². The Morgan fingerprint density at radius 2 is 1.91 bits per heavy atom. The van der Waals surface area contributed by atoms with E-state index in [1.54, 1.807) is 0 Å². The summed E-state index contributed by atoms with van der Waals surface area (Å²) in [5.41, 5.74) is 0.259. The van der Waals surface area contributed by atoms with Crippen molar-refractivity contribution in [1.29, 1.82) is 0 Å². The molecule has 126 valence electrons. The van der Waals surface area contributed by atoms with Crippen molar-refractivity contribution in [3.05, 3.63) is 29.6 Å². The second-order valence-electron chi connectivity index (χ2n) is 5.87. The lowest BCUT2D eigenvalue weighted by atomic mass is 9.86. The minimum absolute atomic E-state index is 0.00917. The topological polar surface area (TPSA) is 75.6 Å². The number of benzene rings is 1. The summed E-state index contributed by atoms with van der Waals surface area (Å²) < 4.78 is 18.3. The molecular formula is C17H22FNO4. The van der Waals surface area contributed by atoms with Gasteiger partial charge in [-0.2, -0.15) is 0 Å². The second-order valence-corrected chi connectivity index (χ2v) is 5.87. The number of ether oxygens (including phenoxy) is 1. The summed E-state index contributed by atoms with van der Waals surface area (Å²) in [7, 11) is 1.33. The molecule has 1 aliphatic carbocycles. The molecule has 0 radical (unpaired) electrons. The summed E-state index contributed by atoms with van der Waals surface area (Å²) in [4.78, 5) is 23.8. The fraction of sp³-hybridized carbons (Fsp3) is 0.529. The predicted octanol–water partition coefficient (Wildman–Crippen LogP) is 2.99. The fourth-order valence-electron chi connectivity index (χ4n) is 3.01. The number of methoxy groups -OCH3 is 1. The van der Waals surface area contributed by atoms with Crippen molar-refractivity contribution in [3.8, 4) is 5.75 Å². The molecule has 1 aromatic rings. The molecule has 0 heterocycles. The van der Waals surface area contributed by atoms with Crippen molar-refractivity contribution in [2.24, 2.45) is 5.92 Å². The number of halogens is 1. The van der Waals surface area contributed by atoms with Gasteiger partial charge in [-0.15, -0.1) is 0 Å². The van der Waals surface area contributed by atoms with E-state index in [0.29, 0.717) is 12.8 Å². The summed E-state index contributed by atoms with van der Waals surface area (Å²) in [5, 5.41) is 12.2. The molecule has 2 unspecified atom stereocenters. The monoisotopic (exact) mass is 323 g/mol. The molecule has 1 saturated carbocycles. The van der Waals surface area contributed by atoms with Gasteiger partial charge in [0, 0.05) is 11.6 Å². The minimum Gasteiger partial charge on any atom is -0.494 e. The number of carbonyl (C=O) groups excluding carboxylic acids is 1. The van der Waals surface area contributed by atoms with Gasteiger partial charge in [0.1, 0.15) is 0 Å². The minimum atomic E-state index is -0.881. The molecule has 2 N–H and O–H groups in total. The second kappa shape index (κ2) is 7.94. The maximum absolute atomic E-state index is 13.4. The Bertz CT molecular complexity index is 576. The molecule has 1 aromatic carbocycles. The van der Waals surface area contributed by atoms with Crippen LogP contribution < -0.4 is 10.1 Å². The summed E-state index contributed by atoms with van der Waals surface area (Å²) in [5.74, 6) is -2.42. The molecule has 0 bridgehead atoms. The average Bonchev–Trinajstić information content (AvgIpc) is 2.50. The van der Waals surface area contributed by atoms with Crippen LogP contribution in [0.3, 0.4) is 0 Å². The number of carboxylic acid groups (broad SMARTS) is 1. The molecule has 6 heteroatoms. The molecule has 1 aliphatic rings. The zero-order valence-electron chi connectivity index (χ0n) is 13.2. The van der Waals surface area contributed by atoms with E-state index < -0.39 is 29.7 Å². The van der Waals surface area contributed by atoms with Crippen LogP contribution in [0.25, 0.3) is 0 Å². The number of rotatable bonds is 4. The van der Waals surface area contributed by atoms with Crippen molar-refractivity contribution in [1.82, 2.24) is 5.32 Å². The number of hydrogen-bond acceptors (Lipinski definition) is 3. The molecule has 0 saturated heterocycles. The summed E-state index contributed by atoms with van der Waals surface area (Å²) in [6.45, 7) is 0. The molecule has 0 aliphatic heterocycles. The van der Waals surface area contributed by atoms with Crippen molar-refractivity contribution < 1.29 is 23.8 Å². The van der Waals surface area contributed by atoms with Crippen molar-refractivity contribution in [2.45, 2.75) is 44.6 Å². The highest BCUT2D eigenvalue weighted by molar-refractivity contribution is 5.95. The third-order valence-corrected chi connectivity index (χ3v) is 4.31. The van der Waals surface area contributed by atoms with Gasteiger partial charge >= 0.3 is 5.97 Å². The fourth-order valence-corrected chi connectivity index (χ4v) is 3.01. The van der Waals surface area contributed by atoms with Crippen LogP contribution in [0.4, 0.5) is 4.39 Å². The Hall–Kier alpha value is -2.11. The summed E-state index contributed by atoms with van der Waals surface area (Å²) in [6.07, 6.45) is 5.02. The first-order chi connectivity index (χ1) is 11.0. The summed E-state index contributed by atoms with van der Waals surface area (Å²) in [6, 6.07) is 3.45. The van der Waals surface area contributed by atoms with E-state index >= 15 is 0 Å². The Morgan fingerprint density at radius 3 is 2.57 bits per heavy atom. The van der Waals surface area contributed by atoms with Gasteiger partial charge in [-0.05, 0) is 31.0 Å². The maximum Gasteiger partial charge on any atom is 0.308 e. The van der Waals surface area contributed by atoms with Gasteiger partial charge in [0.2, 0.25) is 0 Å². The quantitative estimate of drug-likeness (QED) is 0.893. The molecule has 0 aromatic heterocycles. The van der Waals surface area contributed by atoms with Gasteiger partial charge in [-0.3, -0.25) is 9.59 Å². The first-order valence-corrected chi connectivity index (χ1v) is 7.90. The van der Waals surface area contributed by atoms with Crippen LogP contribution in [0.5, 0.6) is 5.75 Å². The van der Waals surface area contributed by atoms with Crippen LogP contribution in [0, 0.1) is 11.7 Å². The Balaban J connectivity index is 2.13. The zero-order chi connectivity index (χ0) is 16.8. The van der Waals surface area contributed by atoms with Gasteiger partial charge in [-0.25, -0.2) is 4.39 Å². The van der Waals surface area contributed by atoms with Crippen LogP contribution in [-0.4, -0.2) is 30.1 Å². The van der Waals surface area contributed by atoms with E-state index in [1.807, 2.05) is 0 Å². The van der Waals surface area contributed by atoms with E-state index in [9.17, 15) is 19.1 Å². The largest absolute Gasteiger partial charge is 0.494 e. The Morgan fingerprint density at radius 1 is 1.22 bits per heavy atom. The molecule has 0 spiro atoms. The third kappa shape index (κ3) is 4.43. The maximum atomic E-state index is 13.4. The number of amides is 1. The smallest absolute Gasteiger partial charge is 0.308 e. The lowest BCUT2D eigenvalue weighted by molar-refractivity contribution is -0.143. The van der Waals surface area contributed by atoms with Crippen LogP contribution in [0.1, 0.15) is 48.9 Å². The number of carbonyl (C=O) groups is 2. The van der Waals surface area contributed by atoms with Crippen LogP contribution in [-0.2, 0) is 4.79 Å². The molecular weight excluding hydrogens is 301 g/mol. The van der Waals surface area contributed by atoms with Gasteiger partial charge in [0.15, 0.2) is 11.6 Å². The molecule has 1 amide bonds. The molecule has 2 atom stereocenters. The van der Waals surface area contributed by atoms with Gasteiger partial charge in [0.25, 0.3) is 5.91 Å². The lowest BCUT2D eigenvalue weighted by Crippen LogP contribution is -2.43. The lowest BCUT2D eigenvalue weighted by Gasteiger charge is -2.27. The number of carboxylic acids is 1. The van der Waals surface area contributed by atoms with Crippen LogP contribution in [0.2, 0.25) is 0 Å². The van der Waals surface area contributed by atoms with Crippen LogP contribution in [0.15, 0.2) is 18.2 Å². The number of hydrogen-bond donors (Lipinski definition) is 2. The van der Waals surface area contributed by atoms with Crippen molar-refractivity contribution >= 4 is 11.9 Å². The van der Waals surface area contributed by atoms with Crippen LogP contribution >= 0.6 is 0 Å². The first kappa shape index (κ1) is 17.2. The number of nitrogens with one attached hydrogen (secondary N) is 1. The standard InChI is InChI=1S/C17H22FNO4/c1-23-15-10-11(8-9-13(15)18)16(20)19-14-7-5-3-2-4-6-12(14)17(21)22/h8-10,12,14H,2-7H2,1H3,(H,19,20)(H,21,22). The molecule has 2 rings (SSSR count). The van der Waals surface area contributed by atoms with E-state index in [4.69, 9.17) is 4.74 Å². The highest BCUT2D eigenvalue weighted by Crippen LogP contribution is 2.24. The molecule has 1 fully saturated rings. The Kier molecular flexibility index (Phi) is 5.96. The highest BCUT2D eigenvalue weighted by atomic mass is 19.1. The van der Waals surface area contributed by atoms with E-state index in [0.717, 1.165) is 25.7 Å². The van der Waals surface area contributed by atoms with Gasteiger partial charge in [-0.1, -0.05) is 25.7 Å². The van der Waals surface area contributed by atoms with E-state index in [2.05, 4.69) is 5.32 Å². The predicted molar refractivity (Wildman–Crippen MR) is 83.0 cm³/mol. The van der Waals surface area contributed by atoms with E-state index in [-0.39, 0.29) is 11.3 Å². The zero-order valence-corrected chi connectivity index (χ0v) is 13.2. The number of aliphatic carboxylic acids is 1. The van der Waals surface area contributed by atoms with Gasteiger partial charge < -0.3 is 15.2 Å². The normalized spacial score (nSPS) is 21.8. The Labute approximate surface area is 134 Å². The van der Waals surface area contributed by atoms with Crippen molar-refractivity contribution in [3.63, 3.8) is 0 Å². The van der Waals surface area contributed by atoms with Gasteiger partial charge in [0.05, 0.1) is 13.0 Å². The molecule has 5 nitrogen and oxygen atoms in total. The highest BCUT2D eigenvalue weighted by Gasteiger charge is 2.30. The van der Waals surface area contributed by atoms with Crippen molar-refractivity contribution in [2.75, 3.05) is 7.11 Å². The first-order valence-electron chi connectivity index (χ1n) is 7.90. The third-order valence-electron chi connectivity index (χ3n) is 4.31. The summed E-state index contributed by atoms with van der Waals surface area (Å²) >= 11 is 0. The molecule has 23 heavy (non-hydrogen) atoms.